The van der Waals surface area contributed by atoms with Crippen LogP contribution in [0, 0.1) is 0 Å². The Morgan fingerprint density at radius 2 is 1.49 bits per heavy atom. The van der Waals surface area contributed by atoms with Gasteiger partial charge in [0.15, 0.2) is 0 Å². The summed E-state index contributed by atoms with van der Waals surface area (Å²) in [5.41, 5.74) is 3.52. The second kappa shape index (κ2) is 11.9. The Morgan fingerprint density at radius 3 is 2.08 bits per heavy atom. The third-order valence-electron chi connectivity index (χ3n) is 6.94. The Hall–Kier alpha value is -3.87. The zero-order valence-electron chi connectivity index (χ0n) is 21.8. The lowest BCUT2D eigenvalue weighted by molar-refractivity contribution is -0.185. The molecule has 0 bridgehead atoms. The van der Waals surface area contributed by atoms with Gasteiger partial charge in [-0.15, -0.1) is 0 Å². The first-order chi connectivity index (χ1) is 17.9. The second-order valence-electron chi connectivity index (χ2n) is 9.49. The van der Waals surface area contributed by atoms with Crippen molar-refractivity contribution in [3.8, 4) is 0 Å². The van der Waals surface area contributed by atoms with Gasteiger partial charge in [-0.2, -0.15) is 5.06 Å². The van der Waals surface area contributed by atoms with Gasteiger partial charge in [-0.25, -0.2) is 4.79 Å². The van der Waals surface area contributed by atoms with E-state index >= 15 is 0 Å². The number of rotatable bonds is 6. The number of benzene rings is 3. The summed E-state index contributed by atoms with van der Waals surface area (Å²) in [6, 6.07) is 16.6. The number of carbonyl (C=O) groups excluding carboxylic acids is 3. The number of fused-ring (bicyclic) bond motifs is 1. The van der Waals surface area contributed by atoms with E-state index in [1.807, 2.05) is 56.3 Å². The van der Waals surface area contributed by atoms with Crippen LogP contribution in [0.1, 0.15) is 74.4 Å². The summed E-state index contributed by atoms with van der Waals surface area (Å²) in [6.07, 6.45) is 6.13. The minimum absolute atomic E-state index is 0.193. The molecule has 4 rings (SSSR count). The van der Waals surface area contributed by atoms with Crippen LogP contribution in [0.5, 0.6) is 0 Å². The van der Waals surface area contributed by atoms with E-state index in [-0.39, 0.29) is 11.6 Å². The molecular formula is C30H35N3O4. The molecule has 3 aromatic carbocycles. The first-order valence-electron chi connectivity index (χ1n) is 13.1. The van der Waals surface area contributed by atoms with E-state index in [2.05, 4.69) is 10.6 Å². The average molecular weight is 502 g/mol. The summed E-state index contributed by atoms with van der Waals surface area (Å²) in [4.78, 5) is 44.5. The molecule has 3 amide bonds. The molecule has 2 N–H and O–H groups in total. The van der Waals surface area contributed by atoms with Crippen molar-refractivity contribution in [3.05, 3.63) is 71.3 Å². The summed E-state index contributed by atoms with van der Waals surface area (Å²) < 4.78 is 0. The number of hydrogen-bond donors (Lipinski definition) is 2. The van der Waals surface area contributed by atoms with Crippen LogP contribution in [0.25, 0.3) is 10.8 Å². The molecule has 1 aliphatic carbocycles. The monoisotopic (exact) mass is 501 g/mol. The number of hydroxylamine groups is 2. The largest absolute Gasteiger partial charge is 0.338 e. The lowest BCUT2D eigenvalue weighted by Crippen LogP contribution is -2.42. The van der Waals surface area contributed by atoms with E-state index in [1.54, 1.807) is 12.1 Å². The molecule has 1 aliphatic rings. The van der Waals surface area contributed by atoms with Crippen LogP contribution in [0.2, 0.25) is 0 Å². The maximum atomic E-state index is 13.9. The molecule has 7 heteroatoms. The van der Waals surface area contributed by atoms with E-state index in [1.165, 1.54) is 12.0 Å². The molecule has 0 aliphatic heterocycles. The van der Waals surface area contributed by atoms with E-state index < -0.39 is 17.9 Å². The molecule has 0 saturated heterocycles. The number of anilines is 2. The Balaban J connectivity index is 1.70. The molecule has 3 aromatic rings. The first-order valence-corrected chi connectivity index (χ1v) is 13.1. The number of para-hydroxylation sites is 1. The number of aryl methyl sites for hydroxylation is 2. The van der Waals surface area contributed by atoms with Crippen molar-refractivity contribution in [2.75, 3.05) is 10.6 Å². The SMILES string of the molecule is CCc1cccc(CC)c1NC(=O)Nc1cc2ccccc2cc1C(=O)N(OC(C)=O)C1CCCCC1. The number of carbonyl (C=O) groups is 3. The molecule has 0 radical (unpaired) electrons. The number of nitrogens with zero attached hydrogens (tertiary/aromatic N) is 1. The quantitative estimate of drug-likeness (QED) is 0.361. The minimum atomic E-state index is -0.546. The van der Waals surface area contributed by atoms with Crippen molar-refractivity contribution in [2.45, 2.75) is 71.8 Å². The Morgan fingerprint density at radius 1 is 0.865 bits per heavy atom. The zero-order chi connectivity index (χ0) is 26.4. The zero-order valence-corrected chi connectivity index (χ0v) is 21.8. The van der Waals surface area contributed by atoms with Crippen molar-refractivity contribution in [3.63, 3.8) is 0 Å². The van der Waals surface area contributed by atoms with Crippen molar-refractivity contribution in [1.82, 2.24) is 5.06 Å². The van der Waals surface area contributed by atoms with Crippen molar-refractivity contribution >= 4 is 40.1 Å². The summed E-state index contributed by atoms with van der Waals surface area (Å²) >= 11 is 0. The average Bonchev–Trinajstić information content (AvgIpc) is 2.91. The normalized spacial score (nSPS) is 13.7. The smallest absolute Gasteiger partial charge is 0.329 e. The molecular weight excluding hydrogens is 466 g/mol. The maximum Gasteiger partial charge on any atom is 0.329 e. The fourth-order valence-corrected chi connectivity index (χ4v) is 5.05. The Labute approximate surface area is 218 Å². The van der Waals surface area contributed by atoms with Crippen molar-refractivity contribution in [1.29, 1.82) is 0 Å². The molecule has 0 atom stereocenters. The van der Waals surface area contributed by atoms with Crippen LogP contribution in [0.4, 0.5) is 16.2 Å². The summed E-state index contributed by atoms with van der Waals surface area (Å²) in [5, 5.41) is 8.87. The lowest BCUT2D eigenvalue weighted by Gasteiger charge is -2.32. The lowest BCUT2D eigenvalue weighted by atomic mass is 9.94. The van der Waals surface area contributed by atoms with Crippen molar-refractivity contribution in [2.24, 2.45) is 0 Å². The van der Waals surface area contributed by atoms with Gasteiger partial charge in [0.1, 0.15) is 0 Å². The van der Waals surface area contributed by atoms with Gasteiger partial charge in [-0.1, -0.05) is 75.6 Å². The molecule has 0 aromatic heterocycles. The Bertz CT molecular complexity index is 1270. The van der Waals surface area contributed by atoms with Crippen LogP contribution in [-0.2, 0) is 22.5 Å². The highest BCUT2D eigenvalue weighted by atomic mass is 16.7. The first kappa shape index (κ1) is 26.2. The highest BCUT2D eigenvalue weighted by Crippen LogP contribution is 2.30. The van der Waals surface area contributed by atoms with Gasteiger partial charge in [0, 0.05) is 12.6 Å². The molecule has 0 spiro atoms. The van der Waals surface area contributed by atoms with Crippen LogP contribution in [0.3, 0.4) is 0 Å². The van der Waals surface area contributed by atoms with E-state index in [4.69, 9.17) is 4.84 Å². The molecule has 194 valence electrons. The van der Waals surface area contributed by atoms with Gasteiger partial charge in [0.2, 0.25) is 0 Å². The van der Waals surface area contributed by atoms with Crippen LogP contribution < -0.4 is 10.6 Å². The number of nitrogens with one attached hydrogen (secondary N) is 2. The molecule has 37 heavy (non-hydrogen) atoms. The number of amides is 3. The number of urea groups is 1. The number of hydrogen-bond acceptors (Lipinski definition) is 4. The van der Waals surface area contributed by atoms with Crippen molar-refractivity contribution < 1.29 is 19.2 Å². The predicted octanol–water partition coefficient (Wildman–Crippen LogP) is 6.86. The van der Waals surface area contributed by atoms with Gasteiger partial charge >= 0.3 is 12.0 Å². The maximum absolute atomic E-state index is 13.9. The highest BCUT2D eigenvalue weighted by Gasteiger charge is 2.31. The second-order valence-corrected chi connectivity index (χ2v) is 9.49. The summed E-state index contributed by atoms with van der Waals surface area (Å²) in [6.45, 7) is 5.40. The highest BCUT2D eigenvalue weighted by molar-refractivity contribution is 6.10. The van der Waals surface area contributed by atoms with Crippen LogP contribution in [-0.4, -0.2) is 29.0 Å². The topological polar surface area (TPSA) is 87.7 Å². The fourth-order valence-electron chi connectivity index (χ4n) is 5.05. The van der Waals surface area contributed by atoms with E-state index in [9.17, 15) is 14.4 Å². The van der Waals surface area contributed by atoms with Crippen LogP contribution >= 0.6 is 0 Å². The van der Waals surface area contributed by atoms with Gasteiger partial charge < -0.3 is 15.5 Å². The Kier molecular flexibility index (Phi) is 8.43. The van der Waals surface area contributed by atoms with Gasteiger partial charge in [0.05, 0.1) is 17.3 Å². The van der Waals surface area contributed by atoms with Gasteiger partial charge in [0.25, 0.3) is 5.91 Å². The minimum Gasteiger partial charge on any atom is -0.338 e. The third kappa shape index (κ3) is 6.10. The van der Waals surface area contributed by atoms with Crippen LogP contribution in [0.15, 0.2) is 54.6 Å². The standard InChI is InChI=1S/C30H35N3O4/c1-4-21-14-11-15-22(5-2)28(21)32-30(36)31-27-19-24-13-10-9-12-23(24)18-26(27)29(35)33(37-20(3)34)25-16-7-6-8-17-25/h9-15,18-19,25H,4-8,16-17H2,1-3H3,(H2,31,32,36). The molecule has 1 saturated carbocycles. The molecule has 1 fully saturated rings. The molecule has 0 heterocycles. The van der Waals surface area contributed by atoms with Gasteiger partial charge in [-0.3, -0.25) is 9.59 Å². The molecule has 0 unspecified atom stereocenters. The fraction of sp³-hybridized carbons (Fsp3) is 0.367. The predicted molar refractivity (Wildman–Crippen MR) is 147 cm³/mol. The van der Waals surface area contributed by atoms with E-state index in [0.717, 1.165) is 72.5 Å². The summed E-state index contributed by atoms with van der Waals surface area (Å²) in [5.74, 6) is -0.985. The van der Waals surface area contributed by atoms with Gasteiger partial charge in [-0.05, 0) is 59.7 Å². The van der Waals surface area contributed by atoms with E-state index in [0.29, 0.717) is 5.69 Å². The summed E-state index contributed by atoms with van der Waals surface area (Å²) in [7, 11) is 0. The molecule has 7 nitrogen and oxygen atoms in total. The third-order valence-corrected chi connectivity index (χ3v) is 6.94.